The topological polar surface area (TPSA) is 67.8 Å². The van der Waals surface area contributed by atoms with E-state index in [1.165, 1.54) is 225 Å². The Labute approximate surface area is 405 Å². The number of aliphatic imine (C=N–C) groups is 1. The summed E-state index contributed by atoms with van der Waals surface area (Å²) in [5.41, 5.74) is 0. The van der Waals surface area contributed by atoms with Crippen LogP contribution in [0.5, 0.6) is 0 Å². The van der Waals surface area contributed by atoms with E-state index in [1.807, 2.05) is 0 Å². The lowest BCUT2D eigenvalue weighted by Crippen LogP contribution is -2.55. The van der Waals surface area contributed by atoms with Crippen molar-refractivity contribution in [1.29, 1.82) is 0 Å². The third-order valence-electron chi connectivity index (χ3n) is 13.5. The molecule has 0 aliphatic carbocycles. The lowest BCUT2D eigenvalue weighted by atomic mass is 10.1. The zero-order chi connectivity index (χ0) is 46.8. The number of allylic oxidation sites excluding steroid dienone is 6. The van der Waals surface area contributed by atoms with Crippen LogP contribution in [-0.4, -0.2) is 48.5 Å². The van der Waals surface area contributed by atoms with E-state index in [4.69, 9.17) is 9.83 Å². The highest BCUT2D eigenvalue weighted by molar-refractivity contribution is 5.78. The summed E-state index contributed by atoms with van der Waals surface area (Å²) in [7, 11) is 0. The third kappa shape index (κ3) is 39.5. The Morgan fingerprint density at radius 2 is 0.800 bits per heavy atom. The molecule has 1 rings (SSSR count). The molecule has 65 heavy (non-hydrogen) atoms. The first-order chi connectivity index (χ1) is 32.1. The van der Waals surface area contributed by atoms with Crippen molar-refractivity contribution in [2.45, 2.75) is 297 Å². The standard InChI is InChI=1S/C59H109N3O3/c1-4-7-10-13-16-19-22-25-28-31-32-35-38-41-44-47-50-57-60-53-55-62(57,65-59(64)52-49-46-43-40-37-34-30-27-24-21-18-15-12-9-6-3)56-54-61-58(63)51-48-45-42-39-36-33-29-26-23-20-17-14-11-8-5-2/h25-30H,4-24,31-56H2,1-3H3/p+1/b28-25-,29-26-,30-27-. The average molecular weight is 910 g/mol. The fourth-order valence-electron chi connectivity index (χ4n) is 9.20. The summed E-state index contributed by atoms with van der Waals surface area (Å²) >= 11 is 0. The van der Waals surface area contributed by atoms with E-state index in [2.05, 4.69) is 62.5 Å². The molecular weight excluding hydrogens is 799 g/mol. The van der Waals surface area contributed by atoms with Gasteiger partial charge in [-0.2, -0.15) is 0 Å². The second-order valence-electron chi connectivity index (χ2n) is 19.8. The van der Waals surface area contributed by atoms with Crippen LogP contribution in [0.1, 0.15) is 297 Å². The lowest BCUT2D eigenvalue weighted by molar-refractivity contribution is -1.01. The van der Waals surface area contributed by atoms with Crippen molar-refractivity contribution < 1.29 is 19.1 Å². The number of unbranched alkanes of at least 4 members (excludes halogenated alkanes) is 34. The van der Waals surface area contributed by atoms with E-state index in [-0.39, 0.29) is 16.5 Å². The van der Waals surface area contributed by atoms with Gasteiger partial charge in [0, 0.05) is 12.8 Å². The highest BCUT2D eigenvalue weighted by atomic mass is 16.7. The number of hydrogen-bond acceptors (Lipinski definition) is 4. The molecule has 0 bridgehead atoms. The van der Waals surface area contributed by atoms with Gasteiger partial charge >= 0.3 is 5.97 Å². The van der Waals surface area contributed by atoms with Gasteiger partial charge in [0.25, 0.3) is 0 Å². The highest BCUT2D eigenvalue weighted by Gasteiger charge is 2.42. The predicted molar refractivity (Wildman–Crippen MR) is 284 cm³/mol. The van der Waals surface area contributed by atoms with Gasteiger partial charge in [0.15, 0.2) is 0 Å². The zero-order valence-electron chi connectivity index (χ0n) is 43.8. The molecule has 1 amide bonds. The number of amidine groups is 1. The number of amides is 1. The normalized spacial score (nSPS) is 15.3. The quantitative estimate of drug-likeness (QED) is 0.0376. The number of quaternary nitrogens is 1. The van der Waals surface area contributed by atoms with E-state index in [0.29, 0.717) is 39.0 Å². The predicted octanol–water partition coefficient (Wildman–Crippen LogP) is 18.3. The Bertz CT molecular complexity index is 1180. The second-order valence-corrected chi connectivity index (χ2v) is 19.8. The summed E-state index contributed by atoms with van der Waals surface area (Å²) in [5.74, 6) is 1.01. The molecule has 1 aliphatic rings. The molecular formula is C59H110N3O3+. The van der Waals surface area contributed by atoms with Crippen LogP contribution in [0.2, 0.25) is 0 Å². The zero-order valence-corrected chi connectivity index (χ0v) is 43.8. The van der Waals surface area contributed by atoms with Gasteiger partial charge in [-0.25, -0.2) is 9.79 Å². The maximum atomic E-state index is 13.4. The number of nitrogens with one attached hydrogen (secondary N) is 1. The van der Waals surface area contributed by atoms with Gasteiger partial charge in [-0.05, 0) is 96.3 Å². The van der Waals surface area contributed by atoms with Crippen molar-refractivity contribution >= 4 is 17.7 Å². The summed E-state index contributed by atoms with van der Waals surface area (Å²) < 4.78 is 0.183. The van der Waals surface area contributed by atoms with Gasteiger partial charge in [-0.3, -0.25) is 9.63 Å². The van der Waals surface area contributed by atoms with Crippen molar-refractivity contribution in [3.05, 3.63) is 36.5 Å². The molecule has 6 nitrogen and oxygen atoms in total. The summed E-state index contributed by atoms with van der Waals surface area (Å²) in [6.07, 6.45) is 66.8. The SMILES string of the molecule is CCCCCCCC/C=C\CCCCCCCCC1=NCC[N+]1(CCNC(=O)CCCCCCC/C=C\CCCCCCCC)OC(=O)CCCCCCC/C=C\CCCCCCCC. The highest BCUT2D eigenvalue weighted by Crippen LogP contribution is 2.23. The lowest BCUT2D eigenvalue weighted by Gasteiger charge is -2.31. The first kappa shape index (κ1) is 60.8. The number of nitrogens with zero attached hydrogens (tertiary/aromatic N) is 2. The van der Waals surface area contributed by atoms with Crippen molar-refractivity contribution in [2.24, 2.45) is 4.99 Å². The molecule has 6 heteroatoms. The third-order valence-corrected chi connectivity index (χ3v) is 13.5. The van der Waals surface area contributed by atoms with E-state index < -0.39 is 0 Å². The van der Waals surface area contributed by atoms with Gasteiger partial charge in [0.2, 0.25) is 11.7 Å². The minimum atomic E-state index is -0.113. The number of hydroxylamine groups is 3. The van der Waals surface area contributed by atoms with Crippen LogP contribution in [-0.2, 0) is 14.4 Å². The Kier molecular flexibility index (Phi) is 45.1. The number of rotatable bonds is 50. The molecule has 1 heterocycles. The average Bonchev–Trinajstić information content (AvgIpc) is 3.69. The van der Waals surface area contributed by atoms with E-state index >= 15 is 0 Å². The molecule has 0 spiro atoms. The first-order valence-corrected chi connectivity index (χ1v) is 28.9. The van der Waals surface area contributed by atoms with E-state index in [1.54, 1.807) is 0 Å². The Hall–Kier alpha value is -2.21. The van der Waals surface area contributed by atoms with Gasteiger partial charge < -0.3 is 5.32 Å². The summed E-state index contributed by atoms with van der Waals surface area (Å²) in [4.78, 5) is 37.6. The van der Waals surface area contributed by atoms with Crippen molar-refractivity contribution in [3.63, 3.8) is 0 Å². The smallest absolute Gasteiger partial charge is 0.350 e. The van der Waals surface area contributed by atoms with Gasteiger partial charge in [0.1, 0.15) is 13.1 Å². The van der Waals surface area contributed by atoms with Crippen LogP contribution in [0.3, 0.4) is 0 Å². The molecule has 0 aromatic rings. The van der Waals surface area contributed by atoms with E-state index in [0.717, 1.165) is 44.4 Å². The molecule has 0 aromatic heterocycles. The van der Waals surface area contributed by atoms with E-state index in [9.17, 15) is 9.59 Å². The Morgan fingerprint density at radius 1 is 0.462 bits per heavy atom. The van der Waals surface area contributed by atoms with Crippen LogP contribution in [0.15, 0.2) is 41.4 Å². The van der Waals surface area contributed by atoms with Gasteiger partial charge in [0.05, 0.1) is 19.5 Å². The molecule has 1 aliphatic heterocycles. The van der Waals surface area contributed by atoms with Crippen molar-refractivity contribution in [1.82, 2.24) is 5.32 Å². The molecule has 0 fully saturated rings. The molecule has 0 aromatic carbocycles. The summed E-state index contributed by atoms with van der Waals surface area (Å²) in [6, 6.07) is 0. The fourth-order valence-corrected chi connectivity index (χ4v) is 9.20. The molecule has 1 atom stereocenters. The van der Waals surface area contributed by atoms with Gasteiger partial charge in [-0.1, -0.05) is 222 Å². The molecule has 378 valence electrons. The van der Waals surface area contributed by atoms with Crippen molar-refractivity contribution in [3.8, 4) is 0 Å². The fraction of sp³-hybridized carbons (Fsp3) is 0.847. The molecule has 0 radical (unpaired) electrons. The molecule has 0 saturated heterocycles. The molecule has 1 N–H and O–H groups in total. The summed E-state index contributed by atoms with van der Waals surface area (Å²) in [5, 5.41) is 3.18. The van der Waals surface area contributed by atoms with Crippen LogP contribution in [0.25, 0.3) is 0 Å². The minimum Gasteiger partial charge on any atom is -0.350 e. The Balaban J connectivity index is 2.41. The van der Waals surface area contributed by atoms with Crippen LogP contribution < -0.4 is 5.32 Å². The van der Waals surface area contributed by atoms with Crippen LogP contribution in [0, 0.1) is 0 Å². The van der Waals surface area contributed by atoms with Crippen molar-refractivity contribution in [2.75, 3.05) is 26.2 Å². The minimum absolute atomic E-state index is 0.113. The number of carbonyl (C=O) groups is 2. The second kappa shape index (κ2) is 48.3. The molecule has 1 unspecified atom stereocenters. The monoisotopic (exact) mass is 909 g/mol. The first-order valence-electron chi connectivity index (χ1n) is 28.9. The van der Waals surface area contributed by atoms with Gasteiger partial charge in [-0.15, -0.1) is 0 Å². The maximum Gasteiger partial charge on any atom is 0.367 e. The number of hydrogen-bond donors (Lipinski definition) is 1. The molecule has 0 saturated carbocycles. The van der Waals surface area contributed by atoms with Crippen LogP contribution >= 0.6 is 0 Å². The largest absolute Gasteiger partial charge is 0.367 e. The maximum absolute atomic E-state index is 13.4. The van der Waals surface area contributed by atoms with Crippen LogP contribution in [0.4, 0.5) is 0 Å². The Morgan fingerprint density at radius 3 is 1.20 bits per heavy atom. The number of carbonyl (C=O) groups excluding carboxylic acids is 2. The summed E-state index contributed by atoms with van der Waals surface area (Å²) in [6.45, 7) is 9.29.